The average Bonchev–Trinajstić information content (AvgIpc) is 2.73. The summed E-state index contributed by atoms with van der Waals surface area (Å²) in [6.07, 6.45) is 12.6. The Labute approximate surface area is 159 Å². The molecule has 0 radical (unpaired) electrons. The zero-order chi connectivity index (χ0) is 18.5. The zero-order valence-electron chi connectivity index (χ0n) is 15.0. The molecule has 2 nitrogen and oxygen atoms in total. The van der Waals surface area contributed by atoms with Gasteiger partial charge in [-0.25, -0.2) is 4.98 Å². The van der Waals surface area contributed by atoms with Crippen LogP contribution in [-0.2, 0) is 6.42 Å². The number of nitrogens with zero attached hydrogens (tertiary/aromatic N) is 2. The number of aromatic nitrogens is 2. The smallest absolute Gasteiger partial charge is 0.0972 e. The number of pyridine rings is 2. The van der Waals surface area contributed by atoms with Crippen molar-refractivity contribution in [2.75, 3.05) is 0 Å². The standard InChI is InChI=1S/C25H20N2/c1-2-3-4-5-6-8-19-10-12-20(13-11-19)23-17-16-22-15-14-21-9-7-18-26-24(21)25(22)27-23/h2-7,9-18H,1,8H2/b4-3-,6-5-. The SMILES string of the molecule is C=C/C=C\C=C/Cc1ccc(-c2ccc3ccc4cccnc4c3n2)cc1. The van der Waals surface area contributed by atoms with Gasteiger partial charge in [-0.2, -0.15) is 0 Å². The van der Waals surface area contributed by atoms with Gasteiger partial charge in [0.25, 0.3) is 0 Å². The van der Waals surface area contributed by atoms with Crippen LogP contribution >= 0.6 is 0 Å². The molecule has 0 spiro atoms. The molecular formula is C25H20N2. The first-order chi connectivity index (χ1) is 13.3. The third kappa shape index (κ3) is 3.70. The molecule has 2 heteroatoms. The van der Waals surface area contributed by atoms with Crippen molar-refractivity contribution in [1.29, 1.82) is 0 Å². The lowest BCUT2D eigenvalue weighted by Crippen LogP contribution is -1.89. The van der Waals surface area contributed by atoms with E-state index in [0.29, 0.717) is 0 Å². The van der Waals surface area contributed by atoms with Gasteiger partial charge in [0.1, 0.15) is 0 Å². The summed E-state index contributed by atoms with van der Waals surface area (Å²) in [5.41, 5.74) is 5.26. The average molecular weight is 348 g/mol. The van der Waals surface area contributed by atoms with Crippen LogP contribution in [0.15, 0.2) is 104 Å². The Morgan fingerprint density at radius 3 is 2.37 bits per heavy atom. The first kappa shape index (κ1) is 16.9. The lowest BCUT2D eigenvalue weighted by atomic mass is 10.0. The van der Waals surface area contributed by atoms with Crippen molar-refractivity contribution in [3.05, 3.63) is 109 Å². The number of hydrogen-bond donors (Lipinski definition) is 0. The van der Waals surface area contributed by atoms with Crippen LogP contribution in [-0.4, -0.2) is 9.97 Å². The molecule has 0 aliphatic heterocycles. The van der Waals surface area contributed by atoms with E-state index in [1.807, 2.05) is 30.5 Å². The van der Waals surface area contributed by atoms with Crippen molar-refractivity contribution in [2.45, 2.75) is 6.42 Å². The highest BCUT2D eigenvalue weighted by Crippen LogP contribution is 2.26. The number of benzene rings is 2. The van der Waals surface area contributed by atoms with E-state index in [1.54, 1.807) is 6.08 Å². The quantitative estimate of drug-likeness (QED) is 0.313. The lowest BCUT2D eigenvalue weighted by molar-refractivity contribution is 1.27. The minimum absolute atomic E-state index is 0.904. The predicted octanol–water partition coefficient (Wildman–Crippen LogP) is 6.29. The van der Waals surface area contributed by atoms with Crippen molar-refractivity contribution in [3.63, 3.8) is 0 Å². The van der Waals surface area contributed by atoms with Crippen molar-refractivity contribution >= 4 is 21.8 Å². The van der Waals surface area contributed by atoms with Gasteiger partial charge in [-0.3, -0.25) is 4.98 Å². The van der Waals surface area contributed by atoms with Gasteiger partial charge >= 0.3 is 0 Å². The summed E-state index contributed by atoms with van der Waals surface area (Å²) in [4.78, 5) is 9.44. The molecule has 0 fully saturated rings. The Bertz CT molecular complexity index is 1150. The molecule has 2 heterocycles. The van der Waals surface area contributed by atoms with E-state index in [1.165, 1.54) is 5.56 Å². The predicted molar refractivity (Wildman–Crippen MR) is 115 cm³/mol. The van der Waals surface area contributed by atoms with Gasteiger partial charge in [-0.15, -0.1) is 0 Å². The summed E-state index contributed by atoms with van der Waals surface area (Å²) >= 11 is 0. The topological polar surface area (TPSA) is 25.8 Å². The number of rotatable bonds is 5. The fourth-order valence-electron chi connectivity index (χ4n) is 3.12. The Kier molecular flexibility index (Phi) is 4.88. The van der Waals surface area contributed by atoms with Crippen LogP contribution in [0.1, 0.15) is 5.56 Å². The third-order valence-electron chi connectivity index (χ3n) is 4.53. The highest BCUT2D eigenvalue weighted by Gasteiger charge is 2.06. The van der Waals surface area contributed by atoms with Gasteiger partial charge in [0.15, 0.2) is 0 Å². The number of allylic oxidation sites excluding steroid dienone is 5. The summed E-state index contributed by atoms with van der Waals surface area (Å²) in [6, 6.07) is 21.0. The molecule has 0 amide bonds. The molecular weight excluding hydrogens is 328 g/mol. The number of hydrogen-bond acceptors (Lipinski definition) is 2. The van der Waals surface area contributed by atoms with Crippen LogP contribution < -0.4 is 0 Å². The summed E-state index contributed by atoms with van der Waals surface area (Å²) in [7, 11) is 0. The van der Waals surface area contributed by atoms with Crippen LogP contribution in [0.25, 0.3) is 33.1 Å². The lowest BCUT2D eigenvalue weighted by Gasteiger charge is -2.06. The Balaban J connectivity index is 1.64. The van der Waals surface area contributed by atoms with E-state index < -0.39 is 0 Å². The minimum atomic E-state index is 0.904. The van der Waals surface area contributed by atoms with Gasteiger partial charge < -0.3 is 0 Å². The second kappa shape index (κ2) is 7.79. The maximum absolute atomic E-state index is 4.90. The monoisotopic (exact) mass is 348 g/mol. The molecule has 0 N–H and O–H groups in total. The number of fused-ring (bicyclic) bond motifs is 3. The minimum Gasteiger partial charge on any atom is -0.254 e. The molecule has 0 bridgehead atoms. The third-order valence-corrected chi connectivity index (χ3v) is 4.53. The van der Waals surface area contributed by atoms with Gasteiger partial charge in [-0.05, 0) is 24.1 Å². The van der Waals surface area contributed by atoms with E-state index in [-0.39, 0.29) is 0 Å². The van der Waals surface area contributed by atoms with Crippen molar-refractivity contribution in [1.82, 2.24) is 9.97 Å². The van der Waals surface area contributed by atoms with Crippen LogP contribution in [0.3, 0.4) is 0 Å². The molecule has 0 saturated carbocycles. The van der Waals surface area contributed by atoms with Crippen LogP contribution in [0.5, 0.6) is 0 Å². The van der Waals surface area contributed by atoms with Gasteiger partial charge in [0, 0.05) is 22.5 Å². The first-order valence-electron chi connectivity index (χ1n) is 9.03. The van der Waals surface area contributed by atoms with Crippen LogP contribution in [0.4, 0.5) is 0 Å². The largest absolute Gasteiger partial charge is 0.254 e. The maximum Gasteiger partial charge on any atom is 0.0972 e. The fourth-order valence-corrected chi connectivity index (χ4v) is 3.12. The van der Waals surface area contributed by atoms with Gasteiger partial charge in [0.2, 0.25) is 0 Å². The molecule has 4 rings (SSSR count). The van der Waals surface area contributed by atoms with Crippen molar-refractivity contribution in [3.8, 4) is 11.3 Å². The molecule has 130 valence electrons. The van der Waals surface area contributed by atoms with Gasteiger partial charge in [-0.1, -0.05) is 85.5 Å². The van der Waals surface area contributed by atoms with Crippen LogP contribution in [0, 0.1) is 0 Å². The highest BCUT2D eigenvalue weighted by atomic mass is 14.7. The summed E-state index contributed by atoms with van der Waals surface area (Å²) in [5.74, 6) is 0. The van der Waals surface area contributed by atoms with E-state index in [9.17, 15) is 0 Å². The van der Waals surface area contributed by atoms with E-state index in [0.717, 1.165) is 39.5 Å². The molecule has 0 atom stereocenters. The maximum atomic E-state index is 4.90. The summed E-state index contributed by atoms with van der Waals surface area (Å²) < 4.78 is 0. The molecule has 0 saturated heterocycles. The van der Waals surface area contributed by atoms with Gasteiger partial charge in [0.05, 0.1) is 16.7 Å². The molecule has 2 aromatic heterocycles. The second-order valence-corrected chi connectivity index (χ2v) is 6.36. The van der Waals surface area contributed by atoms with Crippen molar-refractivity contribution in [2.24, 2.45) is 0 Å². The Morgan fingerprint density at radius 2 is 1.56 bits per heavy atom. The first-order valence-corrected chi connectivity index (χ1v) is 9.03. The molecule has 0 aliphatic rings. The second-order valence-electron chi connectivity index (χ2n) is 6.36. The van der Waals surface area contributed by atoms with E-state index in [2.05, 4.69) is 72.2 Å². The summed E-state index contributed by atoms with van der Waals surface area (Å²) in [6.45, 7) is 3.66. The Hall–Kier alpha value is -3.52. The highest BCUT2D eigenvalue weighted by molar-refractivity contribution is 6.03. The molecule has 0 aliphatic carbocycles. The van der Waals surface area contributed by atoms with Crippen molar-refractivity contribution < 1.29 is 0 Å². The fraction of sp³-hybridized carbons (Fsp3) is 0.0400. The molecule has 2 aromatic carbocycles. The Morgan fingerprint density at radius 1 is 0.778 bits per heavy atom. The zero-order valence-corrected chi connectivity index (χ0v) is 15.0. The molecule has 27 heavy (non-hydrogen) atoms. The molecule has 4 aromatic rings. The summed E-state index contributed by atoms with van der Waals surface area (Å²) in [5, 5.41) is 2.22. The van der Waals surface area contributed by atoms with Crippen LogP contribution in [0.2, 0.25) is 0 Å². The van der Waals surface area contributed by atoms with E-state index in [4.69, 9.17) is 4.98 Å². The normalized spacial score (nSPS) is 11.7. The molecule has 0 unspecified atom stereocenters. The van der Waals surface area contributed by atoms with E-state index >= 15 is 0 Å².